The monoisotopic (exact) mass is 408 g/mol. The summed E-state index contributed by atoms with van der Waals surface area (Å²) in [6.07, 6.45) is -5.22. The summed E-state index contributed by atoms with van der Waals surface area (Å²) in [5.74, 6) is -3.03. The minimum atomic E-state index is -5.22. The molecule has 1 saturated heterocycles. The fourth-order valence-corrected chi connectivity index (χ4v) is 3.24. The molecule has 3 atom stereocenters. The summed E-state index contributed by atoms with van der Waals surface area (Å²) in [4.78, 5) is 12.4. The number of methoxy groups -OCH3 is 2. The maximum absolute atomic E-state index is 13.7. The molecule has 3 unspecified atom stereocenters. The molecule has 1 aliphatic heterocycles. The van der Waals surface area contributed by atoms with Crippen LogP contribution in [0.4, 0.5) is 13.2 Å². The fourth-order valence-electron chi connectivity index (χ4n) is 2.95. The second kappa shape index (κ2) is 7.77. The van der Waals surface area contributed by atoms with Gasteiger partial charge in [0.05, 0.1) is 26.9 Å². The highest BCUT2D eigenvalue weighted by Crippen LogP contribution is 2.46. The van der Waals surface area contributed by atoms with Crippen molar-refractivity contribution < 1.29 is 37.3 Å². The average molecular weight is 408 g/mol. The third kappa shape index (κ3) is 3.74. The second-order valence-electron chi connectivity index (χ2n) is 5.65. The van der Waals surface area contributed by atoms with Crippen molar-refractivity contribution in [2.24, 2.45) is 5.92 Å². The van der Waals surface area contributed by atoms with Crippen LogP contribution in [-0.2, 0) is 9.53 Å². The number of rotatable bonds is 5. The Bertz CT molecular complexity index is 730. The van der Waals surface area contributed by atoms with Crippen LogP contribution >= 0.6 is 12.2 Å². The van der Waals surface area contributed by atoms with Gasteiger partial charge in [0.2, 0.25) is 0 Å². The molecule has 1 fully saturated rings. The van der Waals surface area contributed by atoms with Crippen LogP contribution in [0.5, 0.6) is 11.5 Å². The van der Waals surface area contributed by atoms with Gasteiger partial charge in [-0.2, -0.15) is 13.2 Å². The van der Waals surface area contributed by atoms with E-state index in [1.165, 1.54) is 39.3 Å². The fraction of sp³-hybridized carbons (Fsp3) is 0.500. The van der Waals surface area contributed by atoms with Crippen LogP contribution in [0.1, 0.15) is 18.5 Å². The normalized spacial score (nSPS) is 25.2. The molecule has 150 valence electrons. The molecule has 1 heterocycles. The van der Waals surface area contributed by atoms with Crippen LogP contribution in [0, 0.1) is 5.92 Å². The van der Waals surface area contributed by atoms with Gasteiger partial charge in [-0.05, 0) is 25.2 Å². The average Bonchev–Trinajstić information content (AvgIpc) is 2.59. The van der Waals surface area contributed by atoms with Gasteiger partial charge >= 0.3 is 12.1 Å². The van der Waals surface area contributed by atoms with E-state index in [1.54, 1.807) is 5.32 Å². The van der Waals surface area contributed by atoms with E-state index in [1.807, 2.05) is 0 Å². The number of halogens is 3. The first-order chi connectivity index (χ1) is 12.6. The summed E-state index contributed by atoms with van der Waals surface area (Å²) in [6, 6.07) is 3.10. The third-order valence-corrected chi connectivity index (χ3v) is 4.34. The lowest BCUT2D eigenvalue weighted by molar-refractivity contribution is -0.292. The zero-order chi connectivity index (χ0) is 20.4. The van der Waals surface area contributed by atoms with Crippen molar-refractivity contribution in [3.8, 4) is 11.5 Å². The molecule has 0 bridgehead atoms. The Morgan fingerprint density at radius 2 is 2.00 bits per heavy atom. The van der Waals surface area contributed by atoms with Gasteiger partial charge in [-0.15, -0.1) is 0 Å². The van der Waals surface area contributed by atoms with Crippen LogP contribution in [0.2, 0.25) is 0 Å². The van der Waals surface area contributed by atoms with Crippen molar-refractivity contribution in [1.29, 1.82) is 0 Å². The van der Waals surface area contributed by atoms with E-state index in [2.05, 4.69) is 5.32 Å². The summed E-state index contributed by atoms with van der Waals surface area (Å²) in [6.45, 7) is 1.27. The van der Waals surface area contributed by atoms with Crippen molar-refractivity contribution in [2.45, 2.75) is 24.9 Å². The zero-order valence-electron chi connectivity index (χ0n) is 14.7. The number of nitrogens with one attached hydrogen (secondary N) is 2. The van der Waals surface area contributed by atoms with E-state index in [0.29, 0.717) is 0 Å². The van der Waals surface area contributed by atoms with Gasteiger partial charge in [-0.1, -0.05) is 12.1 Å². The summed E-state index contributed by atoms with van der Waals surface area (Å²) < 4.78 is 56.3. The summed E-state index contributed by atoms with van der Waals surface area (Å²) >= 11 is 4.84. The molecule has 2 rings (SSSR count). The van der Waals surface area contributed by atoms with E-state index in [-0.39, 0.29) is 23.7 Å². The van der Waals surface area contributed by atoms with Gasteiger partial charge in [0, 0.05) is 5.56 Å². The zero-order valence-corrected chi connectivity index (χ0v) is 15.5. The highest BCUT2D eigenvalue weighted by molar-refractivity contribution is 7.80. The maximum atomic E-state index is 13.7. The standard InChI is InChI=1S/C16H19F3N2O5S/c1-4-26-13(22)10-11(8-6-5-7-9(24-2)12(8)25-3)20-14(27)21-15(10,23)16(17,18)19/h5-7,10-11,23H,4H2,1-3H3,(H2,20,21,27). The minimum Gasteiger partial charge on any atom is -0.493 e. The van der Waals surface area contributed by atoms with E-state index in [9.17, 15) is 23.1 Å². The topological polar surface area (TPSA) is 89.1 Å². The Kier molecular flexibility index (Phi) is 6.05. The number of benzene rings is 1. The number of hydrogen-bond donors (Lipinski definition) is 3. The highest BCUT2D eigenvalue weighted by Gasteiger charge is 2.66. The number of para-hydroxylation sites is 1. The lowest BCUT2D eigenvalue weighted by Gasteiger charge is -2.45. The first-order valence-electron chi connectivity index (χ1n) is 7.86. The minimum absolute atomic E-state index is 0.0982. The molecule has 11 heteroatoms. The first kappa shape index (κ1) is 21.0. The largest absolute Gasteiger partial charge is 0.493 e. The lowest BCUT2D eigenvalue weighted by Crippen LogP contribution is -2.73. The van der Waals surface area contributed by atoms with Crippen molar-refractivity contribution >= 4 is 23.3 Å². The second-order valence-corrected chi connectivity index (χ2v) is 6.06. The summed E-state index contributed by atoms with van der Waals surface area (Å²) in [5, 5.41) is 14.3. The Hall–Kier alpha value is -2.27. The molecule has 7 nitrogen and oxygen atoms in total. The van der Waals surface area contributed by atoms with Crippen molar-refractivity contribution in [2.75, 3.05) is 20.8 Å². The van der Waals surface area contributed by atoms with Crippen molar-refractivity contribution in [3.05, 3.63) is 23.8 Å². The number of esters is 1. The Morgan fingerprint density at radius 3 is 2.52 bits per heavy atom. The van der Waals surface area contributed by atoms with E-state index in [0.717, 1.165) is 0 Å². The molecule has 27 heavy (non-hydrogen) atoms. The summed E-state index contributed by atoms with van der Waals surface area (Å²) in [7, 11) is 2.66. The molecule has 0 aliphatic carbocycles. The van der Waals surface area contributed by atoms with E-state index >= 15 is 0 Å². The Labute approximate surface area is 158 Å². The molecule has 0 saturated carbocycles. The molecule has 0 amide bonds. The van der Waals surface area contributed by atoms with E-state index < -0.39 is 34.9 Å². The lowest BCUT2D eigenvalue weighted by atomic mass is 9.81. The highest BCUT2D eigenvalue weighted by atomic mass is 32.1. The number of ether oxygens (including phenoxy) is 3. The molecular weight excluding hydrogens is 389 g/mol. The number of carbonyl (C=O) groups is 1. The SMILES string of the molecule is CCOC(=O)C1C(c2cccc(OC)c2OC)NC(=S)NC1(O)C(F)(F)F. The van der Waals surface area contributed by atoms with Crippen LogP contribution in [0.25, 0.3) is 0 Å². The third-order valence-electron chi connectivity index (χ3n) is 4.12. The number of aliphatic hydroxyl groups is 1. The molecular formula is C16H19F3N2O5S. The van der Waals surface area contributed by atoms with Crippen molar-refractivity contribution in [3.63, 3.8) is 0 Å². The van der Waals surface area contributed by atoms with Gasteiger partial charge in [-0.3, -0.25) is 4.79 Å². The molecule has 1 aliphatic rings. The van der Waals surface area contributed by atoms with Gasteiger partial charge in [0.25, 0.3) is 5.72 Å². The van der Waals surface area contributed by atoms with E-state index in [4.69, 9.17) is 26.4 Å². The molecule has 0 spiro atoms. The maximum Gasteiger partial charge on any atom is 0.437 e. The molecule has 3 N–H and O–H groups in total. The smallest absolute Gasteiger partial charge is 0.437 e. The number of hydrogen-bond acceptors (Lipinski definition) is 6. The number of carbonyl (C=O) groups excluding carboxylic acids is 1. The molecule has 1 aromatic rings. The van der Waals surface area contributed by atoms with Crippen molar-refractivity contribution in [1.82, 2.24) is 10.6 Å². The molecule has 0 radical (unpaired) electrons. The molecule has 0 aromatic heterocycles. The molecule has 1 aromatic carbocycles. The predicted octanol–water partition coefficient (Wildman–Crippen LogP) is 1.65. The van der Waals surface area contributed by atoms with Gasteiger partial charge in [-0.25, -0.2) is 0 Å². The first-order valence-corrected chi connectivity index (χ1v) is 8.26. The number of thiocarbonyl (C=S) groups is 1. The van der Waals surface area contributed by atoms with Gasteiger partial charge in [0.1, 0.15) is 5.92 Å². The van der Waals surface area contributed by atoms with Crippen LogP contribution in [-0.4, -0.2) is 48.9 Å². The number of alkyl halides is 3. The Balaban J connectivity index is 2.68. The quantitative estimate of drug-likeness (QED) is 0.501. The predicted molar refractivity (Wildman–Crippen MR) is 92.3 cm³/mol. The van der Waals surface area contributed by atoms with Crippen LogP contribution in [0.3, 0.4) is 0 Å². The summed E-state index contributed by atoms with van der Waals surface area (Å²) in [5.41, 5.74) is -3.50. The van der Waals surface area contributed by atoms with Gasteiger partial charge in [0.15, 0.2) is 16.6 Å². The van der Waals surface area contributed by atoms with Crippen LogP contribution < -0.4 is 20.1 Å². The Morgan fingerprint density at radius 1 is 1.33 bits per heavy atom. The van der Waals surface area contributed by atoms with Gasteiger partial charge < -0.3 is 30.0 Å². The van der Waals surface area contributed by atoms with Crippen LogP contribution in [0.15, 0.2) is 18.2 Å².